The molecule has 0 radical (unpaired) electrons. The Bertz CT molecular complexity index is 655. The molecule has 0 saturated heterocycles. The van der Waals surface area contributed by atoms with Crippen LogP contribution in [-0.2, 0) is 12.8 Å². The molecule has 0 fully saturated rings. The van der Waals surface area contributed by atoms with Gasteiger partial charge in [0.2, 0.25) is 0 Å². The van der Waals surface area contributed by atoms with Crippen LogP contribution in [0.25, 0.3) is 11.3 Å². The van der Waals surface area contributed by atoms with Gasteiger partial charge in [0.1, 0.15) is 16.7 Å². The van der Waals surface area contributed by atoms with Crippen LogP contribution in [0.1, 0.15) is 30.3 Å². The van der Waals surface area contributed by atoms with Crippen molar-refractivity contribution in [1.29, 1.82) is 0 Å². The molecule has 0 atom stereocenters. The first-order valence-electron chi connectivity index (χ1n) is 6.98. The van der Waals surface area contributed by atoms with E-state index >= 15 is 0 Å². The van der Waals surface area contributed by atoms with Crippen LogP contribution in [0.15, 0.2) is 18.2 Å². The highest BCUT2D eigenvalue weighted by atomic mass is 35.5. The number of fused-ring (bicyclic) bond motifs is 1. The molecule has 0 unspecified atom stereocenters. The summed E-state index contributed by atoms with van der Waals surface area (Å²) in [6, 6.07) is 6.22. The Kier molecular flexibility index (Phi) is 3.62. The summed E-state index contributed by atoms with van der Waals surface area (Å²) < 4.78 is 5.55. The van der Waals surface area contributed by atoms with Gasteiger partial charge in [-0.05, 0) is 37.1 Å². The summed E-state index contributed by atoms with van der Waals surface area (Å²) in [7, 11) is 0. The van der Waals surface area contributed by atoms with Gasteiger partial charge in [0.15, 0.2) is 0 Å². The van der Waals surface area contributed by atoms with Crippen molar-refractivity contribution >= 4 is 11.6 Å². The molecule has 0 aliphatic carbocycles. The smallest absolute Gasteiger partial charge is 0.136 e. The van der Waals surface area contributed by atoms with E-state index in [1.165, 1.54) is 5.56 Å². The summed E-state index contributed by atoms with van der Waals surface area (Å²) in [5.41, 5.74) is 4.20. The lowest BCUT2D eigenvalue weighted by atomic mass is 10.0. The van der Waals surface area contributed by atoms with Gasteiger partial charge in [-0.15, -0.1) is 0 Å². The fraction of sp³-hybridized carbons (Fsp3) is 0.375. The lowest BCUT2D eigenvalue weighted by Gasteiger charge is -2.10. The molecular weight excluding hydrogens is 272 g/mol. The van der Waals surface area contributed by atoms with Crippen molar-refractivity contribution in [1.82, 2.24) is 9.97 Å². The molecule has 3 rings (SSSR count). The van der Waals surface area contributed by atoms with Gasteiger partial charge >= 0.3 is 0 Å². The zero-order valence-corrected chi connectivity index (χ0v) is 12.5. The van der Waals surface area contributed by atoms with E-state index in [2.05, 4.69) is 23.0 Å². The highest BCUT2D eigenvalue weighted by Gasteiger charge is 2.16. The van der Waals surface area contributed by atoms with Gasteiger partial charge in [0, 0.05) is 24.0 Å². The van der Waals surface area contributed by atoms with Crippen molar-refractivity contribution in [2.24, 2.45) is 0 Å². The van der Waals surface area contributed by atoms with Gasteiger partial charge < -0.3 is 4.74 Å². The topological polar surface area (TPSA) is 35.0 Å². The summed E-state index contributed by atoms with van der Waals surface area (Å²) in [5.74, 6) is 1.80. The molecule has 1 aliphatic heterocycles. The Hall–Kier alpha value is -1.61. The third kappa shape index (κ3) is 2.38. The molecule has 3 nitrogen and oxygen atoms in total. The molecule has 1 aromatic carbocycles. The molecule has 0 bridgehead atoms. The number of benzene rings is 1. The first kappa shape index (κ1) is 13.4. The lowest BCUT2D eigenvalue weighted by molar-refractivity contribution is 0.357. The fourth-order valence-corrected chi connectivity index (χ4v) is 2.67. The average Bonchev–Trinajstić information content (AvgIpc) is 2.90. The standard InChI is InChI=1S/C16H17ClN2O/c1-3-4-14-18-15(10(2)16(17)19-14)12-5-6-13-11(9-12)7-8-20-13/h5-6,9H,3-4,7-8H2,1-2H3. The molecule has 0 spiro atoms. The van der Waals surface area contributed by atoms with Crippen LogP contribution in [0.3, 0.4) is 0 Å². The van der Waals surface area contributed by atoms with Crippen molar-refractivity contribution in [2.45, 2.75) is 33.1 Å². The van der Waals surface area contributed by atoms with Crippen molar-refractivity contribution in [3.05, 3.63) is 40.3 Å². The van der Waals surface area contributed by atoms with E-state index in [4.69, 9.17) is 16.3 Å². The van der Waals surface area contributed by atoms with E-state index in [9.17, 15) is 0 Å². The Morgan fingerprint density at radius 1 is 1.30 bits per heavy atom. The Labute approximate surface area is 124 Å². The Balaban J connectivity index is 2.09. The van der Waals surface area contributed by atoms with Crippen molar-refractivity contribution in [3.8, 4) is 17.0 Å². The minimum Gasteiger partial charge on any atom is -0.493 e. The molecular formula is C16H17ClN2O. The molecule has 20 heavy (non-hydrogen) atoms. The minimum atomic E-state index is 0.551. The predicted octanol–water partition coefficient (Wildman–Crippen LogP) is 3.99. The second-order valence-electron chi connectivity index (χ2n) is 5.08. The first-order chi connectivity index (χ1) is 9.69. The largest absolute Gasteiger partial charge is 0.493 e. The molecule has 4 heteroatoms. The summed E-state index contributed by atoms with van der Waals surface area (Å²) in [6.45, 7) is 4.85. The van der Waals surface area contributed by atoms with Gasteiger partial charge in [-0.25, -0.2) is 9.97 Å². The van der Waals surface area contributed by atoms with Gasteiger partial charge in [-0.1, -0.05) is 18.5 Å². The van der Waals surface area contributed by atoms with E-state index in [1.807, 2.05) is 19.1 Å². The molecule has 1 aliphatic rings. The zero-order valence-electron chi connectivity index (χ0n) is 11.7. The number of hydrogen-bond donors (Lipinski definition) is 0. The van der Waals surface area contributed by atoms with Crippen LogP contribution in [0, 0.1) is 6.92 Å². The number of aryl methyl sites for hydroxylation is 1. The maximum absolute atomic E-state index is 6.25. The van der Waals surface area contributed by atoms with Crippen LogP contribution in [0.4, 0.5) is 0 Å². The third-order valence-corrected chi connectivity index (χ3v) is 3.94. The van der Waals surface area contributed by atoms with E-state index in [0.717, 1.165) is 54.3 Å². The normalized spacial score (nSPS) is 13.2. The minimum absolute atomic E-state index is 0.551. The SMILES string of the molecule is CCCc1nc(Cl)c(C)c(-c2ccc3c(c2)CCO3)n1. The average molecular weight is 289 g/mol. The zero-order chi connectivity index (χ0) is 14.1. The molecule has 2 heterocycles. The monoisotopic (exact) mass is 288 g/mol. The summed E-state index contributed by atoms with van der Waals surface area (Å²) >= 11 is 6.25. The number of nitrogens with zero attached hydrogens (tertiary/aromatic N) is 2. The Morgan fingerprint density at radius 3 is 2.95 bits per heavy atom. The van der Waals surface area contributed by atoms with Crippen LogP contribution in [0.5, 0.6) is 5.75 Å². The number of rotatable bonds is 3. The van der Waals surface area contributed by atoms with Crippen molar-refractivity contribution in [3.63, 3.8) is 0 Å². The molecule has 2 aromatic rings. The quantitative estimate of drug-likeness (QED) is 0.801. The van der Waals surface area contributed by atoms with Crippen molar-refractivity contribution < 1.29 is 4.74 Å². The summed E-state index contributed by atoms with van der Waals surface area (Å²) in [6.07, 6.45) is 2.82. The van der Waals surface area contributed by atoms with Gasteiger partial charge in [-0.2, -0.15) is 0 Å². The van der Waals surface area contributed by atoms with Crippen LogP contribution < -0.4 is 4.74 Å². The maximum Gasteiger partial charge on any atom is 0.136 e. The molecule has 0 saturated carbocycles. The summed E-state index contributed by atoms with van der Waals surface area (Å²) in [4.78, 5) is 9.03. The van der Waals surface area contributed by atoms with E-state index in [1.54, 1.807) is 0 Å². The second-order valence-corrected chi connectivity index (χ2v) is 5.43. The van der Waals surface area contributed by atoms with E-state index < -0.39 is 0 Å². The van der Waals surface area contributed by atoms with E-state index in [-0.39, 0.29) is 0 Å². The third-order valence-electron chi connectivity index (χ3n) is 3.57. The van der Waals surface area contributed by atoms with Gasteiger partial charge in [-0.3, -0.25) is 0 Å². The molecule has 0 N–H and O–H groups in total. The van der Waals surface area contributed by atoms with Crippen molar-refractivity contribution in [2.75, 3.05) is 6.61 Å². The molecule has 0 amide bonds. The van der Waals surface area contributed by atoms with Crippen LogP contribution in [-0.4, -0.2) is 16.6 Å². The van der Waals surface area contributed by atoms with Gasteiger partial charge in [0.05, 0.1) is 12.3 Å². The summed E-state index contributed by atoms with van der Waals surface area (Å²) in [5, 5.41) is 0.551. The maximum atomic E-state index is 6.25. The Morgan fingerprint density at radius 2 is 2.15 bits per heavy atom. The van der Waals surface area contributed by atoms with Crippen LogP contribution >= 0.6 is 11.6 Å². The number of halogens is 1. The molecule has 104 valence electrons. The van der Waals surface area contributed by atoms with Crippen LogP contribution in [0.2, 0.25) is 5.15 Å². The number of hydrogen-bond acceptors (Lipinski definition) is 3. The number of aromatic nitrogens is 2. The predicted molar refractivity (Wildman–Crippen MR) is 80.4 cm³/mol. The highest BCUT2D eigenvalue weighted by Crippen LogP contribution is 2.32. The van der Waals surface area contributed by atoms with Gasteiger partial charge in [0.25, 0.3) is 0 Å². The highest BCUT2D eigenvalue weighted by molar-refractivity contribution is 6.30. The van der Waals surface area contributed by atoms with E-state index in [0.29, 0.717) is 5.15 Å². The number of ether oxygens (including phenoxy) is 1. The lowest BCUT2D eigenvalue weighted by Crippen LogP contribution is -2.00. The second kappa shape index (κ2) is 5.41. The fourth-order valence-electron chi connectivity index (χ4n) is 2.48. The first-order valence-corrected chi connectivity index (χ1v) is 7.36. The molecule has 1 aromatic heterocycles.